The van der Waals surface area contributed by atoms with Gasteiger partial charge in [-0.15, -0.1) is 0 Å². The second kappa shape index (κ2) is 4.21. The predicted octanol–water partition coefficient (Wildman–Crippen LogP) is 1.65. The van der Waals surface area contributed by atoms with Crippen LogP contribution in [-0.2, 0) is 4.74 Å². The van der Waals surface area contributed by atoms with Crippen LogP contribution in [0.5, 0.6) is 0 Å². The van der Waals surface area contributed by atoms with Crippen molar-refractivity contribution in [3.8, 4) is 0 Å². The summed E-state index contributed by atoms with van der Waals surface area (Å²) in [5.41, 5.74) is 1.21. The van der Waals surface area contributed by atoms with E-state index in [1.165, 1.54) is 5.56 Å². The van der Waals surface area contributed by atoms with E-state index >= 15 is 0 Å². The van der Waals surface area contributed by atoms with Gasteiger partial charge in [0, 0.05) is 6.54 Å². The SMILES string of the molecule is C(=CC1NCCO1)c1ccccc1. The van der Waals surface area contributed by atoms with Gasteiger partial charge in [0.25, 0.3) is 0 Å². The average molecular weight is 175 g/mol. The minimum absolute atomic E-state index is 0.0974. The molecule has 1 atom stereocenters. The topological polar surface area (TPSA) is 21.3 Å². The van der Waals surface area contributed by atoms with Gasteiger partial charge in [0.1, 0.15) is 6.23 Å². The summed E-state index contributed by atoms with van der Waals surface area (Å²) in [4.78, 5) is 0. The molecule has 2 heteroatoms. The van der Waals surface area contributed by atoms with Crippen molar-refractivity contribution in [1.29, 1.82) is 0 Å². The highest BCUT2D eigenvalue weighted by molar-refractivity contribution is 5.49. The van der Waals surface area contributed by atoms with Crippen molar-refractivity contribution in [1.82, 2.24) is 5.32 Å². The van der Waals surface area contributed by atoms with E-state index < -0.39 is 0 Å². The van der Waals surface area contributed by atoms with Gasteiger partial charge >= 0.3 is 0 Å². The van der Waals surface area contributed by atoms with Crippen molar-refractivity contribution in [3.63, 3.8) is 0 Å². The first-order chi connectivity index (χ1) is 6.45. The molecule has 0 spiro atoms. The van der Waals surface area contributed by atoms with Crippen LogP contribution in [-0.4, -0.2) is 19.4 Å². The molecule has 1 aliphatic heterocycles. The number of benzene rings is 1. The normalized spacial score (nSPS) is 22.6. The van der Waals surface area contributed by atoms with E-state index in [-0.39, 0.29) is 6.23 Å². The summed E-state index contributed by atoms with van der Waals surface area (Å²) >= 11 is 0. The molecule has 2 nitrogen and oxygen atoms in total. The first kappa shape index (κ1) is 8.48. The van der Waals surface area contributed by atoms with E-state index in [2.05, 4.69) is 23.5 Å². The minimum atomic E-state index is 0.0974. The first-order valence-corrected chi connectivity index (χ1v) is 4.53. The summed E-state index contributed by atoms with van der Waals surface area (Å²) in [5, 5.41) is 3.22. The zero-order chi connectivity index (χ0) is 8.93. The van der Waals surface area contributed by atoms with Crippen LogP contribution in [0, 0.1) is 0 Å². The molecule has 1 aliphatic rings. The van der Waals surface area contributed by atoms with Crippen molar-refractivity contribution in [2.24, 2.45) is 0 Å². The molecular formula is C11H13NO. The molecule has 1 fully saturated rings. The molecular weight excluding hydrogens is 162 g/mol. The van der Waals surface area contributed by atoms with Crippen LogP contribution in [0.15, 0.2) is 36.4 Å². The Morgan fingerprint density at radius 2 is 2.15 bits per heavy atom. The van der Waals surface area contributed by atoms with E-state index in [4.69, 9.17) is 4.74 Å². The van der Waals surface area contributed by atoms with Gasteiger partial charge in [0.05, 0.1) is 6.61 Å². The van der Waals surface area contributed by atoms with E-state index in [0.717, 1.165) is 13.2 Å². The maximum atomic E-state index is 5.38. The molecule has 68 valence electrons. The summed E-state index contributed by atoms with van der Waals surface area (Å²) < 4.78 is 5.38. The van der Waals surface area contributed by atoms with Crippen LogP contribution in [0.3, 0.4) is 0 Å². The highest BCUT2D eigenvalue weighted by atomic mass is 16.5. The number of nitrogens with one attached hydrogen (secondary N) is 1. The number of hydrogen-bond acceptors (Lipinski definition) is 2. The van der Waals surface area contributed by atoms with Crippen molar-refractivity contribution in [3.05, 3.63) is 42.0 Å². The fourth-order valence-electron chi connectivity index (χ4n) is 1.33. The summed E-state index contributed by atoms with van der Waals surface area (Å²) in [6.07, 6.45) is 4.21. The Balaban J connectivity index is 1.97. The quantitative estimate of drug-likeness (QED) is 0.738. The van der Waals surface area contributed by atoms with Crippen molar-refractivity contribution in [2.45, 2.75) is 6.23 Å². The van der Waals surface area contributed by atoms with Crippen LogP contribution >= 0.6 is 0 Å². The smallest absolute Gasteiger partial charge is 0.127 e. The number of ether oxygens (including phenoxy) is 1. The fourth-order valence-corrected chi connectivity index (χ4v) is 1.33. The van der Waals surface area contributed by atoms with E-state index in [1.807, 2.05) is 24.3 Å². The summed E-state index contributed by atoms with van der Waals surface area (Å²) in [7, 11) is 0. The lowest BCUT2D eigenvalue weighted by Gasteiger charge is -2.01. The lowest BCUT2D eigenvalue weighted by Crippen LogP contribution is -2.19. The standard InChI is InChI=1S/C11H13NO/c1-2-4-10(5-3-1)6-7-11-12-8-9-13-11/h1-7,11-12H,8-9H2. The van der Waals surface area contributed by atoms with E-state index in [1.54, 1.807) is 0 Å². The third-order valence-corrected chi connectivity index (χ3v) is 2.01. The van der Waals surface area contributed by atoms with Crippen molar-refractivity contribution >= 4 is 6.08 Å². The Hall–Kier alpha value is -1.12. The van der Waals surface area contributed by atoms with Gasteiger partial charge in [-0.3, -0.25) is 5.32 Å². The Bertz CT molecular complexity index is 275. The Morgan fingerprint density at radius 1 is 1.31 bits per heavy atom. The molecule has 0 amide bonds. The van der Waals surface area contributed by atoms with Crippen LogP contribution in [0.1, 0.15) is 5.56 Å². The minimum Gasteiger partial charge on any atom is -0.358 e. The molecule has 0 aliphatic carbocycles. The molecule has 13 heavy (non-hydrogen) atoms. The maximum absolute atomic E-state index is 5.38. The molecule has 0 saturated carbocycles. The van der Waals surface area contributed by atoms with E-state index in [0.29, 0.717) is 0 Å². The van der Waals surface area contributed by atoms with Gasteiger partial charge in [-0.2, -0.15) is 0 Å². The van der Waals surface area contributed by atoms with Gasteiger partial charge in [0.15, 0.2) is 0 Å². The molecule has 0 bridgehead atoms. The Morgan fingerprint density at radius 3 is 2.85 bits per heavy atom. The first-order valence-electron chi connectivity index (χ1n) is 4.53. The Labute approximate surface area is 78.2 Å². The molecule has 1 heterocycles. The summed E-state index contributed by atoms with van der Waals surface area (Å²) in [6, 6.07) is 10.2. The molecule has 1 unspecified atom stereocenters. The third-order valence-electron chi connectivity index (χ3n) is 2.01. The van der Waals surface area contributed by atoms with Gasteiger partial charge in [-0.25, -0.2) is 0 Å². The van der Waals surface area contributed by atoms with Gasteiger partial charge in [-0.1, -0.05) is 36.4 Å². The summed E-state index contributed by atoms with van der Waals surface area (Å²) in [5.74, 6) is 0. The lowest BCUT2D eigenvalue weighted by molar-refractivity contribution is 0.138. The summed E-state index contributed by atoms with van der Waals surface area (Å²) in [6.45, 7) is 1.76. The van der Waals surface area contributed by atoms with Gasteiger partial charge < -0.3 is 4.74 Å². The second-order valence-corrected chi connectivity index (χ2v) is 3.02. The second-order valence-electron chi connectivity index (χ2n) is 3.02. The highest BCUT2D eigenvalue weighted by Crippen LogP contribution is 2.04. The van der Waals surface area contributed by atoms with Crippen LogP contribution < -0.4 is 5.32 Å². The van der Waals surface area contributed by atoms with Gasteiger partial charge in [0.2, 0.25) is 0 Å². The molecule has 1 aromatic rings. The van der Waals surface area contributed by atoms with Crippen molar-refractivity contribution in [2.75, 3.05) is 13.2 Å². The zero-order valence-electron chi connectivity index (χ0n) is 7.44. The third kappa shape index (κ3) is 2.41. The molecule has 0 aromatic heterocycles. The molecule has 0 radical (unpaired) electrons. The van der Waals surface area contributed by atoms with Gasteiger partial charge in [-0.05, 0) is 11.6 Å². The lowest BCUT2D eigenvalue weighted by atomic mass is 10.2. The number of hydrogen-bond donors (Lipinski definition) is 1. The predicted molar refractivity (Wildman–Crippen MR) is 53.2 cm³/mol. The molecule has 2 rings (SSSR count). The number of rotatable bonds is 2. The van der Waals surface area contributed by atoms with Crippen LogP contribution in [0.4, 0.5) is 0 Å². The fraction of sp³-hybridized carbons (Fsp3) is 0.273. The van der Waals surface area contributed by atoms with Crippen LogP contribution in [0.25, 0.3) is 6.08 Å². The average Bonchev–Trinajstić information content (AvgIpc) is 2.69. The maximum Gasteiger partial charge on any atom is 0.127 e. The van der Waals surface area contributed by atoms with Crippen molar-refractivity contribution < 1.29 is 4.74 Å². The van der Waals surface area contributed by atoms with E-state index in [9.17, 15) is 0 Å². The largest absolute Gasteiger partial charge is 0.358 e. The molecule has 1 N–H and O–H groups in total. The molecule has 1 saturated heterocycles. The monoisotopic (exact) mass is 175 g/mol. The zero-order valence-corrected chi connectivity index (χ0v) is 7.44. The molecule has 1 aromatic carbocycles. The highest BCUT2D eigenvalue weighted by Gasteiger charge is 2.09. The van der Waals surface area contributed by atoms with Crippen LogP contribution in [0.2, 0.25) is 0 Å². The Kier molecular flexibility index (Phi) is 2.75.